The smallest absolute Gasteiger partial charge is 0.255 e. The first kappa shape index (κ1) is 29.3. The van der Waals surface area contributed by atoms with E-state index in [0.29, 0.717) is 60.4 Å². The van der Waals surface area contributed by atoms with Crippen molar-refractivity contribution in [3.8, 4) is 11.5 Å². The van der Waals surface area contributed by atoms with Gasteiger partial charge in [0.25, 0.3) is 11.8 Å². The standard InChI is InChI=1S/C33H34N2O6/c1-38-19-21-40-30-15-7-26(8-16-30)32(36)34-28-11-3-24(4-12-28)23-25-5-13-29(14-6-25)35-33(37)27-9-17-31(18-10-27)41-22-20-39-2/h3-18H,19-23H2,1-2H3,(H,34,36)(H,35,37). The minimum Gasteiger partial charge on any atom is -0.491 e. The van der Waals surface area contributed by atoms with Gasteiger partial charge in [-0.3, -0.25) is 9.59 Å². The van der Waals surface area contributed by atoms with E-state index in [9.17, 15) is 9.59 Å². The summed E-state index contributed by atoms with van der Waals surface area (Å²) in [5.41, 5.74) is 4.72. The maximum Gasteiger partial charge on any atom is 0.255 e. The van der Waals surface area contributed by atoms with Gasteiger partial charge in [-0.2, -0.15) is 0 Å². The SMILES string of the molecule is COCCOc1ccc(C(=O)Nc2ccc(Cc3ccc(NC(=O)c4ccc(OCCOC)cc4)cc3)cc2)cc1. The van der Waals surface area contributed by atoms with Gasteiger partial charge in [-0.1, -0.05) is 24.3 Å². The maximum atomic E-state index is 12.6. The molecule has 0 fully saturated rings. The van der Waals surface area contributed by atoms with Crippen LogP contribution in [0.2, 0.25) is 0 Å². The van der Waals surface area contributed by atoms with E-state index in [0.717, 1.165) is 17.5 Å². The summed E-state index contributed by atoms with van der Waals surface area (Å²) in [6.07, 6.45) is 0.720. The predicted molar refractivity (Wildman–Crippen MR) is 159 cm³/mol. The molecule has 4 aromatic carbocycles. The van der Waals surface area contributed by atoms with Crippen LogP contribution in [0.15, 0.2) is 97.1 Å². The van der Waals surface area contributed by atoms with Crippen molar-refractivity contribution in [2.24, 2.45) is 0 Å². The normalized spacial score (nSPS) is 10.6. The van der Waals surface area contributed by atoms with Gasteiger partial charge in [0.1, 0.15) is 24.7 Å². The van der Waals surface area contributed by atoms with Gasteiger partial charge < -0.3 is 29.6 Å². The summed E-state index contributed by atoms with van der Waals surface area (Å²) >= 11 is 0. The van der Waals surface area contributed by atoms with Crippen LogP contribution in [-0.2, 0) is 15.9 Å². The molecule has 2 N–H and O–H groups in total. The number of anilines is 2. The minimum absolute atomic E-state index is 0.190. The molecule has 0 aliphatic carbocycles. The quantitative estimate of drug-likeness (QED) is 0.190. The molecule has 0 unspecified atom stereocenters. The molecule has 4 aromatic rings. The second-order valence-electron chi connectivity index (χ2n) is 9.21. The average Bonchev–Trinajstić information content (AvgIpc) is 3.00. The lowest BCUT2D eigenvalue weighted by Crippen LogP contribution is -2.12. The van der Waals surface area contributed by atoms with Gasteiger partial charge in [-0.05, 0) is 90.3 Å². The zero-order chi connectivity index (χ0) is 28.9. The Kier molecular flexibility index (Phi) is 10.9. The van der Waals surface area contributed by atoms with Crippen molar-refractivity contribution in [3.63, 3.8) is 0 Å². The van der Waals surface area contributed by atoms with E-state index >= 15 is 0 Å². The molecule has 0 radical (unpaired) electrons. The lowest BCUT2D eigenvalue weighted by molar-refractivity contribution is 0.101. The number of benzene rings is 4. The molecule has 0 spiro atoms. The highest BCUT2D eigenvalue weighted by Crippen LogP contribution is 2.19. The van der Waals surface area contributed by atoms with Crippen molar-refractivity contribution in [1.82, 2.24) is 0 Å². The molecular formula is C33H34N2O6. The van der Waals surface area contributed by atoms with Crippen molar-refractivity contribution in [2.45, 2.75) is 6.42 Å². The monoisotopic (exact) mass is 554 g/mol. The second-order valence-corrected chi connectivity index (χ2v) is 9.21. The Bertz CT molecular complexity index is 1280. The van der Waals surface area contributed by atoms with Crippen LogP contribution in [0.4, 0.5) is 11.4 Å². The van der Waals surface area contributed by atoms with Crippen molar-refractivity contribution in [2.75, 3.05) is 51.3 Å². The van der Waals surface area contributed by atoms with Crippen LogP contribution in [0.1, 0.15) is 31.8 Å². The van der Waals surface area contributed by atoms with Crippen LogP contribution >= 0.6 is 0 Å². The number of methoxy groups -OCH3 is 2. The topological polar surface area (TPSA) is 95.1 Å². The fraction of sp³-hybridized carbons (Fsp3) is 0.212. The van der Waals surface area contributed by atoms with Crippen LogP contribution in [0.5, 0.6) is 11.5 Å². The van der Waals surface area contributed by atoms with E-state index in [2.05, 4.69) is 10.6 Å². The fourth-order valence-corrected chi connectivity index (χ4v) is 3.94. The third-order valence-corrected chi connectivity index (χ3v) is 6.18. The van der Waals surface area contributed by atoms with E-state index in [4.69, 9.17) is 18.9 Å². The van der Waals surface area contributed by atoms with E-state index in [-0.39, 0.29) is 11.8 Å². The highest BCUT2D eigenvalue weighted by molar-refractivity contribution is 6.05. The van der Waals surface area contributed by atoms with Gasteiger partial charge in [0.2, 0.25) is 0 Å². The Labute approximate surface area is 240 Å². The van der Waals surface area contributed by atoms with Gasteiger partial charge in [0.05, 0.1) is 13.2 Å². The Morgan fingerprint density at radius 1 is 0.512 bits per heavy atom. The van der Waals surface area contributed by atoms with Gasteiger partial charge in [-0.25, -0.2) is 0 Å². The van der Waals surface area contributed by atoms with Crippen LogP contribution in [-0.4, -0.2) is 52.5 Å². The van der Waals surface area contributed by atoms with Gasteiger partial charge in [0, 0.05) is 36.7 Å². The zero-order valence-electron chi connectivity index (χ0n) is 23.2. The van der Waals surface area contributed by atoms with Crippen LogP contribution in [0.25, 0.3) is 0 Å². The number of carbonyl (C=O) groups is 2. The molecule has 0 saturated carbocycles. The van der Waals surface area contributed by atoms with Crippen molar-refractivity contribution in [1.29, 1.82) is 0 Å². The molecule has 8 heteroatoms. The summed E-state index contributed by atoms with van der Waals surface area (Å²) < 4.78 is 21.0. The van der Waals surface area contributed by atoms with E-state index < -0.39 is 0 Å². The molecule has 0 heterocycles. The van der Waals surface area contributed by atoms with E-state index in [1.165, 1.54) is 0 Å². The Morgan fingerprint density at radius 2 is 0.878 bits per heavy atom. The molecule has 4 rings (SSSR count). The molecule has 0 saturated heterocycles. The number of carbonyl (C=O) groups excluding carboxylic acids is 2. The molecule has 0 bridgehead atoms. The summed E-state index contributed by atoms with van der Waals surface area (Å²) in [6.45, 7) is 1.92. The average molecular weight is 555 g/mol. The maximum absolute atomic E-state index is 12.6. The van der Waals surface area contributed by atoms with Crippen LogP contribution in [0, 0.1) is 0 Å². The number of rotatable bonds is 14. The van der Waals surface area contributed by atoms with Crippen molar-refractivity contribution < 1.29 is 28.5 Å². The molecule has 2 amide bonds. The summed E-state index contributed by atoms with van der Waals surface area (Å²) in [5, 5.41) is 5.85. The molecule has 0 aromatic heterocycles. The van der Waals surface area contributed by atoms with Crippen molar-refractivity contribution in [3.05, 3.63) is 119 Å². The van der Waals surface area contributed by atoms with E-state index in [1.807, 2.05) is 48.5 Å². The third-order valence-electron chi connectivity index (χ3n) is 6.18. The number of amides is 2. The highest BCUT2D eigenvalue weighted by atomic mass is 16.5. The third kappa shape index (κ3) is 9.20. The number of hydrogen-bond acceptors (Lipinski definition) is 6. The molecular weight excluding hydrogens is 520 g/mol. The lowest BCUT2D eigenvalue weighted by atomic mass is 10.0. The highest BCUT2D eigenvalue weighted by Gasteiger charge is 2.09. The Morgan fingerprint density at radius 3 is 1.22 bits per heavy atom. The molecule has 0 aliphatic rings. The molecule has 41 heavy (non-hydrogen) atoms. The number of hydrogen-bond donors (Lipinski definition) is 2. The first-order valence-corrected chi connectivity index (χ1v) is 13.3. The zero-order valence-corrected chi connectivity index (χ0v) is 23.2. The first-order valence-electron chi connectivity index (χ1n) is 13.3. The minimum atomic E-state index is -0.190. The van der Waals surface area contributed by atoms with Gasteiger partial charge >= 0.3 is 0 Å². The van der Waals surface area contributed by atoms with Crippen molar-refractivity contribution >= 4 is 23.2 Å². The van der Waals surface area contributed by atoms with Crippen LogP contribution in [0.3, 0.4) is 0 Å². The van der Waals surface area contributed by atoms with E-state index in [1.54, 1.807) is 62.8 Å². The fourth-order valence-electron chi connectivity index (χ4n) is 3.94. The summed E-state index contributed by atoms with van der Waals surface area (Å²) in [7, 11) is 3.24. The second kappa shape index (κ2) is 15.2. The van der Waals surface area contributed by atoms with Gasteiger partial charge in [0.15, 0.2) is 0 Å². The number of nitrogens with one attached hydrogen (secondary N) is 2. The molecule has 0 aliphatic heterocycles. The molecule has 8 nitrogen and oxygen atoms in total. The Balaban J connectivity index is 1.25. The first-order chi connectivity index (χ1) is 20.0. The van der Waals surface area contributed by atoms with Gasteiger partial charge in [-0.15, -0.1) is 0 Å². The lowest BCUT2D eigenvalue weighted by Gasteiger charge is -2.10. The molecule has 0 atom stereocenters. The summed E-state index contributed by atoms with van der Waals surface area (Å²) in [5.74, 6) is 0.997. The Hall–Kier alpha value is -4.66. The number of ether oxygens (including phenoxy) is 4. The summed E-state index contributed by atoms with van der Waals surface area (Å²) in [4.78, 5) is 25.2. The summed E-state index contributed by atoms with van der Waals surface area (Å²) in [6, 6.07) is 29.5. The molecule has 212 valence electrons. The largest absolute Gasteiger partial charge is 0.491 e. The van der Waals surface area contributed by atoms with Crippen LogP contribution < -0.4 is 20.1 Å². The predicted octanol–water partition coefficient (Wildman–Crippen LogP) is 5.83.